The third-order valence-corrected chi connectivity index (χ3v) is 8.61. The Morgan fingerprint density at radius 3 is 2.11 bits per heavy atom. The first-order valence-corrected chi connectivity index (χ1v) is 14.9. The van der Waals surface area contributed by atoms with Crippen LogP contribution < -0.4 is 5.69 Å². The van der Waals surface area contributed by atoms with Crippen LogP contribution in [0.5, 0.6) is 0 Å². The van der Waals surface area contributed by atoms with E-state index in [9.17, 15) is 40.7 Å². The molecule has 3 atom stereocenters. The molecule has 2 amide bonds. The highest BCUT2D eigenvalue weighted by atomic mass is 19.4. The first-order chi connectivity index (χ1) is 21.7. The molecule has 5 rings (SSSR count). The highest BCUT2D eigenvalue weighted by molar-refractivity contribution is 5.81. The third-order valence-electron chi connectivity index (χ3n) is 8.61. The SMILES string of the molecule is CC(O[C@H]1CCN(C(=O)C2CCN(C(=O)Cc3n[nH]c(=O)[nH]3)CC2)C[C@H]1c1ccccc1)c1cc(C(F)(F)F)cc(C(F)(F)F)c1. The van der Waals surface area contributed by atoms with E-state index < -0.39 is 41.4 Å². The van der Waals surface area contributed by atoms with E-state index in [4.69, 9.17) is 4.74 Å². The van der Waals surface area contributed by atoms with Crippen molar-refractivity contribution in [2.24, 2.45) is 5.92 Å². The van der Waals surface area contributed by atoms with Gasteiger partial charge in [0.1, 0.15) is 5.82 Å². The summed E-state index contributed by atoms with van der Waals surface area (Å²) in [4.78, 5) is 43.3. The molecule has 2 fully saturated rings. The number of halogens is 6. The van der Waals surface area contributed by atoms with Crippen molar-refractivity contribution >= 4 is 11.8 Å². The van der Waals surface area contributed by atoms with Crippen molar-refractivity contribution < 1.29 is 40.7 Å². The molecule has 2 aromatic carbocycles. The van der Waals surface area contributed by atoms with Crippen LogP contribution in [0.4, 0.5) is 26.3 Å². The average molecular weight is 654 g/mol. The Balaban J connectivity index is 1.26. The maximum absolute atomic E-state index is 13.6. The Bertz CT molecular complexity index is 1550. The number of ether oxygens (including phenoxy) is 1. The summed E-state index contributed by atoms with van der Waals surface area (Å²) in [6, 6.07) is 10.6. The number of benzene rings is 2. The number of likely N-dealkylation sites (tertiary alicyclic amines) is 2. The topological polar surface area (TPSA) is 111 Å². The van der Waals surface area contributed by atoms with Crippen LogP contribution in [-0.2, 0) is 33.1 Å². The van der Waals surface area contributed by atoms with Gasteiger partial charge in [-0.1, -0.05) is 30.3 Å². The van der Waals surface area contributed by atoms with Crippen LogP contribution in [0.25, 0.3) is 0 Å². The number of rotatable bonds is 7. The number of hydrogen-bond acceptors (Lipinski definition) is 5. The number of nitrogens with one attached hydrogen (secondary N) is 2. The van der Waals surface area contributed by atoms with E-state index in [0.717, 1.165) is 5.56 Å². The molecule has 0 bridgehead atoms. The maximum atomic E-state index is 13.6. The molecule has 0 radical (unpaired) electrons. The number of hydrogen-bond donors (Lipinski definition) is 2. The lowest BCUT2D eigenvalue weighted by atomic mass is 9.86. The molecule has 248 valence electrons. The molecular weight excluding hydrogens is 620 g/mol. The predicted molar refractivity (Wildman–Crippen MR) is 152 cm³/mol. The summed E-state index contributed by atoms with van der Waals surface area (Å²) in [7, 11) is 0. The molecule has 2 aliphatic rings. The van der Waals surface area contributed by atoms with Gasteiger partial charge in [0.15, 0.2) is 0 Å². The van der Waals surface area contributed by atoms with Crippen molar-refractivity contribution in [2.75, 3.05) is 26.2 Å². The number of carbonyl (C=O) groups is 2. The molecule has 3 heterocycles. The summed E-state index contributed by atoms with van der Waals surface area (Å²) in [5, 5.41) is 5.97. The monoisotopic (exact) mass is 653 g/mol. The Kier molecular flexibility index (Phi) is 9.61. The summed E-state index contributed by atoms with van der Waals surface area (Å²) in [6.45, 7) is 2.69. The highest BCUT2D eigenvalue weighted by Gasteiger charge is 2.40. The van der Waals surface area contributed by atoms with E-state index in [1.165, 1.54) is 6.92 Å². The van der Waals surface area contributed by atoms with Gasteiger partial charge < -0.3 is 14.5 Å². The van der Waals surface area contributed by atoms with Gasteiger partial charge in [-0.2, -0.15) is 31.4 Å². The summed E-state index contributed by atoms with van der Waals surface area (Å²) in [5.74, 6) is -0.773. The van der Waals surface area contributed by atoms with Crippen LogP contribution >= 0.6 is 0 Å². The number of aromatic amines is 2. The third kappa shape index (κ3) is 7.80. The number of aromatic nitrogens is 3. The molecule has 9 nitrogen and oxygen atoms in total. The summed E-state index contributed by atoms with van der Waals surface area (Å²) in [5.41, 5.74) is -2.73. The normalized spacial score (nSPS) is 20.5. The molecule has 0 spiro atoms. The van der Waals surface area contributed by atoms with Gasteiger partial charge in [-0.3, -0.25) is 14.6 Å². The number of amides is 2. The lowest BCUT2D eigenvalue weighted by Gasteiger charge is -2.42. The first kappa shape index (κ1) is 33.2. The zero-order valence-corrected chi connectivity index (χ0v) is 24.8. The lowest BCUT2D eigenvalue weighted by molar-refractivity contribution is -0.144. The summed E-state index contributed by atoms with van der Waals surface area (Å²) < 4.78 is 87.1. The predicted octanol–water partition coefficient (Wildman–Crippen LogP) is 5.08. The molecule has 46 heavy (non-hydrogen) atoms. The molecule has 1 aromatic heterocycles. The summed E-state index contributed by atoms with van der Waals surface area (Å²) >= 11 is 0. The molecule has 15 heteroatoms. The molecule has 3 aromatic rings. The van der Waals surface area contributed by atoms with Crippen molar-refractivity contribution in [3.63, 3.8) is 0 Å². The van der Waals surface area contributed by atoms with E-state index in [1.54, 1.807) is 9.80 Å². The molecule has 0 aliphatic carbocycles. The fraction of sp³-hybridized carbons (Fsp3) is 0.484. The zero-order valence-electron chi connectivity index (χ0n) is 24.8. The fourth-order valence-electron chi connectivity index (χ4n) is 6.15. The van der Waals surface area contributed by atoms with Gasteiger partial charge in [0.05, 0.1) is 29.8 Å². The first-order valence-electron chi connectivity index (χ1n) is 14.9. The quantitative estimate of drug-likeness (QED) is 0.346. The van der Waals surface area contributed by atoms with Gasteiger partial charge in [-0.05, 0) is 55.5 Å². The molecule has 2 N–H and O–H groups in total. The van der Waals surface area contributed by atoms with Crippen LogP contribution in [-0.4, -0.2) is 69.1 Å². The number of piperidine rings is 2. The Morgan fingerprint density at radius 1 is 0.935 bits per heavy atom. The molecular formula is C31H33F6N5O4. The maximum Gasteiger partial charge on any atom is 0.416 e. The molecule has 2 saturated heterocycles. The smallest absolute Gasteiger partial charge is 0.370 e. The van der Waals surface area contributed by atoms with Crippen LogP contribution in [0.3, 0.4) is 0 Å². The second-order valence-corrected chi connectivity index (χ2v) is 11.7. The van der Waals surface area contributed by atoms with Crippen molar-refractivity contribution in [1.29, 1.82) is 0 Å². The van der Waals surface area contributed by atoms with E-state index in [1.807, 2.05) is 30.3 Å². The number of carbonyl (C=O) groups excluding carboxylic acids is 2. The fourth-order valence-corrected chi connectivity index (χ4v) is 6.15. The van der Waals surface area contributed by atoms with Crippen molar-refractivity contribution in [2.45, 2.75) is 63.1 Å². The minimum absolute atomic E-state index is 0.0694. The minimum Gasteiger partial charge on any atom is -0.370 e. The van der Waals surface area contributed by atoms with Crippen LogP contribution in [0.15, 0.2) is 53.3 Å². The van der Waals surface area contributed by atoms with Gasteiger partial charge in [-0.25, -0.2) is 9.89 Å². The Hall–Kier alpha value is -4.14. The Labute approximate surface area is 259 Å². The van der Waals surface area contributed by atoms with Crippen molar-refractivity contribution in [1.82, 2.24) is 25.0 Å². The molecule has 1 unspecified atom stereocenters. The van der Waals surface area contributed by atoms with E-state index >= 15 is 0 Å². The van der Waals surface area contributed by atoms with Gasteiger partial charge in [-0.15, -0.1) is 0 Å². The number of H-pyrrole nitrogens is 2. The van der Waals surface area contributed by atoms with Crippen molar-refractivity contribution in [3.8, 4) is 0 Å². The van der Waals surface area contributed by atoms with Gasteiger partial charge in [0.25, 0.3) is 0 Å². The zero-order chi connectivity index (χ0) is 33.2. The van der Waals surface area contributed by atoms with Crippen LogP contribution in [0, 0.1) is 5.92 Å². The van der Waals surface area contributed by atoms with E-state index in [2.05, 4.69) is 15.2 Å². The molecule has 2 aliphatic heterocycles. The standard InChI is InChI=1S/C31H33F6N5O4/c1-18(21-13-22(30(32,33)34)15-23(14-21)31(35,36)37)46-25-9-12-42(17-24(25)19-5-3-2-4-6-19)28(44)20-7-10-41(11-8-20)27(43)16-26-38-29(45)40-39-26/h2-6,13-15,18,20,24-25H,7-12,16-17H2,1H3,(H2,38,39,40,45)/t18?,24-,25-/m0/s1. The average Bonchev–Trinajstić information content (AvgIpc) is 3.44. The van der Waals surface area contributed by atoms with E-state index in [0.29, 0.717) is 51.0 Å². The largest absolute Gasteiger partial charge is 0.416 e. The molecule has 0 saturated carbocycles. The second kappa shape index (κ2) is 13.3. The van der Waals surface area contributed by atoms with Crippen LogP contribution in [0.1, 0.15) is 66.3 Å². The summed E-state index contributed by atoms with van der Waals surface area (Å²) in [6.07, 6.45) is -10.5. The lowest BCUT2D eigenvalue weighted by Crippen LogP contribution is -2.50. The van der Waals surface area contributed by atoms with Crippen LogP contribution in [0.2, 0.25) is 0 Å². The van der Waals surface area contributed by atoms with Gasteiger partial charge >= 0.3 is 18.0 Å². The highest BCUT2D eigenvalue weighted by Crippen LogP contribution is 2.40. The van der Waals surface area contributed by atoms with Gasteiger partial charge in [0.2, 0.25) is 11.8 Å². The van der Waals surface area contributed by atoms with Gasteiger partial charge in [0, 0.05) is 38.0 Å². The number of alkyl halides is 6. The number of nitrogens with zero attached hydrogens (tertiary/aromatic N) is 3. The van der Waals surface area contributed by atoms with E-state index in [-0.39, 0.29) is 54.1 Å². The second-order valence-electron chi connectivity index (χ2n) is 11.7. The Morgan fingerprint density at radius 2 is 1.54 bits per heavy atom. The minimum atomic E-state index is -4.97. The van der Waals surface area contributed by atoms with Crippen molar-refractivity contribution in [3.05, 3.63) is 87.1 Å².